The van der Waals surface area contributed by atoms with Crippen LogP contribution in [0.5, 0.6) is 5.75 Å². The summed E-state index contributed by atoms with van der Waals surface area (Å²) in [5, 5.41) is 11.9. The summed E-state index contributed by atoms with van der Waals surface area (Å²) in [7, 11) is 0. The first-order chi connectivity index (χ1) is 16.0. The molecule has 2 aromatic heterocycles. The highest BCUT2D eigenvalue weighted by Crippen LogP contribution is 2.29. The van der Waals surface area contributed by atoms with Crippen LogP contribution in [-0.4, -0.2) is 32.2 Å². The molecular weight excluding hydrogens is 416 g/mol. The van der Waals surface area contributed by atoms with Crippen LogP contribution < -0.4 is 10.5 Å². The monoisotopic (exact) mass is 446 g/mol. The smallest absolute Gasteiger partial charge is 0.266 e. The Morgan fingerprint density at radius 2 is 2.00 bits per heavy atom. The highest BCUT2D eigenvalue weighted by molar-refractivity contribution is 5.90. The number of fused-ring (bicyclic) bond motifs is 1. The second-order valence-corrected chi connectivity index (χ2v) is 8.40. The number of rotatable bonds is 11. The summed E-state index contributed by atoms with van der Waals surface area (Å²) in [6.07, 6.45) is 6.08. The van der Waals surface area contributed by atoms with Gasteiger partial charge in [-0.25, -0.2) is 4.98 Å². The SMILES string of the molecule is CC(CC(O)n1ccc2ccc(OCCCCc3ccccc3)cc21)c1ncc(C(N)=O)[nH]1. The molecule has 0 saturated heterocycles. The van der Waals surface area contributed by atoms with Gasteiger partial charge in [0.05, 0.1) is 18.3 Å². The number of hydrogen-bond donors (Lipinski definition) is 3. The van der Waals surface area contributed by atoms with Gasteiger partial charge in [0.1, 0.15) is 23.5 Å². The van der Waals surface area contributed by atoms with Gasteiger partial charge in [-0.15, -0.1) is 0 Å². The van der Waals surface area contributed by atoms with Crippen LogP contribution >= 0.6 is 0 Å². The molecule has 172 valence electrons. The zero-order chi connectivity index (χ0) is 23.2. The minimum atomic E-state index is -0.749. The molecule has 0 fully saturated rings. The lowest BCUT2D eigenvalue weighted by molar-refractivity contribution is 0.0917. The van der Waals surface area contributed by atoms with E-state index in [9.17, 15) is 9.90 Å². The maximum Gasteiger partial charge on any atom is 0.266 e. The number of hydrogen-bond acceptors (Lipinski definition) is 4. The van der Waals surface area contributed by atoms with Gasteiger partial charge in [0, 0.05) is 24.6 Å². The number of aromatic amines is 1. The van der Waals surface area contributed by atoms with E-state index in [0.29, 0.717) is 18.9 Å². The van der Waals surface area contributed by atoms with Crippen LogP contribution in [-0.2, 0) is 6.42 Å². The van der Waals surface area contributed by atoms with Crippen molar-refractivity contribution in [2.24, 2.45) is 5.73 Å². The lowest BCUT2D eigenvalue weighted by Gasteiger charge is -2.18. The van der Waals surface area contributed by atoms with Crippen LogP contribution in [0.15, 0.2) is 67.0 Å². The Balaban J connectivity index is 1.35. The second kappa shape index (κ2) is 10.4. The van der Waals surface area contributed by atoms with E-state index in [1.165, 1.54) is 11.8 Å². The van der Waals surface area contributed by atoms with Crippen molar-refractivity contribution in [1.82, 2.24) is 14.5 Å². The van der Waals surface area contributed by atoms with Gasteiger partial charge < -0.3 is 25.1 Å². The Kier molecular flexibility index (Phi) is 7.10. The summed E-state index contributed by atoms with van der Waals surface area (Å²) >= 11 is 0. The maximum absolute atomic E-state index is 11.3. The van der Waals surface area contributed by atoms with E-state index in [-0.39, 0.29) is 11.6 Å². The molecule has 4 aromatic rings. The van der Waals surface area contributed by atoms with Crippen molar-refractivity contribution in [1.29, 1.82) is 0 Å². The lowest BCUT2D eigenvalue weighted by Crippen LogP contribution is -2.13. The van der Waals surface area contributed by atoms with Crippen LogP contribution in [0.25, 0.3) is 10.9 Å². The Morgan fingerprint density at radius 3 is 2.76 bits per heavy atom. The number of carbonyl (C=O) groups is 1. The highest BCUT2D eigenvalue weighted by Gasteiger charge is 2.18. The van der Waals surface area contributed by atoms with E-state index in [2.05, 4.69) is 34.2 Å². The molecule has 2 unspecified atom stereocenters. The summed E-state index contributed by atoms with van der Waals surface area (Å²) in [5.74, 6) is 0.776. The third-order valence-electron chi connectivity index (χ3n) is 5.88. The van der Waals surface area contributed by atoms with Gasteiger partial charge in [-0.1, -0.05) is 37.3 Å². The molecule has 0 aliphatic carbocycles. The topological polar surface area (TPSA) is 106 Å². The molecule has 7 heteroatoms. The number of H-pyrrole nitrogens is 1. The van der Waals surface area contributed by atoms with Crippen molar-refractivity contribution in [2.75, 3.05) is 6.61 Å². The Morgan fingerprint density at radius 1 is 1.18 bits per heavy atom. The number of carbonyl (C=O) groups excluding carboxylic acids is 1. The average molecular weight is 447 g/mol. The van der Waals surface area contributed by atoms with Gasteiger partial charge in [-0.3, -0.25) is 4.79 Å². The molecular formula is C26H30N4O3. The Bertz CT molecular complexity index is 1200. The molecule has 0 aliphatic heterocycles. The molecule has 2 aromatic carbocycles. The number of aryl methyl sites for hydroxylation is 1. The molecule has 0 bridgehead atoms. The molecule has 1 amide bonds. The van der Waals surface area contributed by atoms with Crippen LogP contribution in [0.1, 0.15) is 60.2 Å². The van der Waals surface area contributed by atoms with Gasteiger partial charge in [0.2, 0.25) is 0 Å². The van der Waals surface area contributed by atoms with Gasteiger partial charge in [0.25, 0.3) is 5.91 Å². The van der Waals surface area contributed by atoms with E-state index < -0.39 is 12.1 Å². The van der Waals surface area contributed by atoms with Crippen molar-refractivity contribution in [3.63, 3.8) is 0 Å². The normalized spacial score (nSPS) is 13.2. The molecule has 33 heavy (non-hydrogen) atoms. The first-order valence-electron chi connectivity index (χ1n) is 11.3. The lowest BCUT2D eigenvalue weighted by atomic mass is 10.1. The molecule has 2 atom stereocenters. The summed E-state index contributed by atoms with van der Waals surface area (Å²) in [6, 6.07) is 18.4. The first kappa shape index (κ1) is 22.6. The van der Waals surface area contributed by atoms with Gasteiger partial charge in [-0.2, -0.15) is 0 Å². The second-order valence-electron chi connectivity index (χ2n) is 8.40. The number of imidazole rings is 1. The number of nitrogens with zero attached hydrogens (tertiary/aromatic N) is 2. The summed E-state index contributed by atoms with van der Waals surface area (Å²) < 4.78 is 7.82. The number of primary amides is 1. The third kappa shape index (κ3) is 5.62. The first-order valence-corrected chi connectivity index (χ1v) is 11.3. The number of unbranched alkanes of at least 4 members (excludes halogenated alkanes) is 1. The number of aliphatic hydroxyl groups is 1. The van der Waals surface area contributed by atoms with Crippen LogP contribution in [0, 0.1) is 0 Å². The highest BCUT2D eigenvalue weighted by atomic mass is 16.5. The number of benzene rings is 2. The Hall–Kier alpha value is -3.58. The number of amides is 1. The summed E-state index contributed by atoms with van der Waals surface area (Å²) in [5.41, 5.74) is 7.81. The fourth-order valence-corrected chi connectivity index (χ4v) is 4.00. The molecule has 4 rings (SSSR count). The number of ether oxygens (including phenoxy) is 1. The van der Waals surface area contributed by atoms with Crippen LogP contribution in [0.4, 0.5) is 0 Å². The third-order valence-corrected chi connectivity index (χ3v) is 5.88. The maximum atomic E-state index is 11.3. The summed E-state index contributed by atoms with van der Waals surface area (Å²) in [6.45, 7) is 2.60. The van der Waals surface area contributed by atoms with E-state index in [4.69, 9.17) is 10.5 Å². The molecule has 0 spiro atoms. The van der Waals surface area contributed by atoms with E-state index in [1.807, 2.05) is 48.0 Å². The molecule has 2 heterocycles. The summed E-state index contributed by atoms with van der Waals surface area (Å²) in [4.78, 5) is 18.4. The fraction of sp³-hybridized carbons (Fsp3) is 0.308. The van der Waals surface area contributed by atoms with Crippen molar-refractivity contribution < 1.29 is 14.6 Å². The fourth-order valence-electron chi connectivity index (χ4n) is 4.00. The predicted octanol–water partition coefficient (Wildman–Crippen LogP) is 4.55. The minimum Gasteiger partial charge on any atom is -0.494 e. The van der Waals surface area contributed by atoms with Crippen molar-refractivity contribution in [2.45, 2.75) is 44.8 Å². The zero-order valence-corrected chi connectivity index (χ0v) is 18.8. The Labute approximate surface area is 193 Å². The zero-order valence-electron chi connectivity index (χ0n) is 18.8. The van der Waals surface area contributed by atoms with E-state index >= 15 is 0 Å². The predicted molar refractivity (Wildman–Crippen MR) is 128 cm³/mol. The molecule has 7 nitrogen and oxygen atoms in total. The van der Waals surface area contributed by atoms with Crippen molar-refractivity contribution in [3.8, 4) is 5.75 Å². The van der Waals surface area contributed by atoms with E-state index in [0.717, 1.165) is 35.9 Å². The molecule has 0 radical (unpaired) electrons. The average Bonchev–Trinajstić information content (AvgIpc) is 3.47. The van der Waals surface area contributed by atoms with E-state index in [1.54, 1.807) is 0 Å². The molecule has 4 N–H and O–H groups in total. The van der Waals surface area contributed by atoms with Gasteiger partial charge >= 0.3 is 0 Å². The standard InChI is InChI=1S/C26H30N4O3/c1-18(26-28-17-22(29-26)25(27)32)15-24(31)30-13-12-20-10-11-21(16-23(20)30)33-14-6-5-9-19-7-3-2-4-8-19/h2-4,7-8,10-13,16-18,24,31H,5-6,9,14-15H2,1H3,(H2,27,32)(H,28,29). The number of nitrogens with one attached hydrogen (secondary N) is 1. The molecule has 0 aliphatic rings. The van der Waals surface area contributed by atoms with Crippen LogP contribution in [0.3, 0.4) is 0 Å². The molecule has 0 saturated carbocycles. The quantitative estimate of drug-likeness (QED) is 0.294. The largest absolute Gasteiger partial charge is 0.494 e. The van der Waals surface area contributed by atoms with Crippen molar-refractivity contribution in [3.05, 3.63) is 84.1 Å². The number of aromatic nitrogens is 3. The van der Waals surface area contributed by atoms with Crippen LogP contribution in [0.2, 0.25) is 0 Å². The number of nitrogens with two attached hydrogens (primary N) is 1. The van der Waals surface area contributed by atoms with Gasteiger partial charge in [-0.05, 0) is 48.4 Å². The van der Waals surface area contributed by atoms with Gasteiger partial charge in [0.15, 0.2) is 0 Å². The van der Waals surface area contributed by atoms with Crippen molar-refractivity contribution >= 4 is 16.8 Å². The minimum absolute atomic E-state index is 0.0883. The number of aliphatic hydroxyl groups excluding tert-OH is 1.